The quantitative estimate of drug-likeness (QED) is 0.664. The number of halogens is 2. The summed E-state index contributed by atoms with van der Waals surface area (Å²) in [5, 5.41) is 4.35. The molecule has 3 rings (SSSR count). The van der Waals surface area contributed by atoms with Crippen molar-refractivity contribution in [1.29, 1.82) is 0 Å². The number of thiocarbonyl (C=S) groups is 1. The summed E-state index contributed by atoms with van der Waals surface area (Å²) < 4.78 is 13.4. The summed E-state index contributed by atoms with van der Waals surface area (Å²) in [5.41, 5.74) is 3.05. The predicted octanol–water partition coefficient (Wildman–Crippen LogP) is 2.97. The summed E-state index contributed by atoms with van der Waals surface area (Å²) in [6, 6.07) is 10.6. The molecule has 0 aliphatic carbocycles. The molecule has 30 heavy (non-hydrogen) atoms. The molecular formula is C20H18ClFN4O3S. The Morgan fingerprint density at radius 1 is 1.20 bits per heavy atom. The van der Waals surface area contributed by atoms with Crippen molar-refractivity contribution in [2.24, 2.45) is 0 Å². The van der Waals surface area contributed by atoms with Gasteiger partial charge in [-0.3, -0.25) is 24.7 Å². The third-order valence-corrected chi connectivity index (χ3v) is 5.06. The molecule has 3 amide bonds. The number of hydrazine groups is 1. The third kappa shape index (κ3) is 4.74. The zero-order chi connectivity index (χ0) is 21.8. The first-order chi connectivity index (χ1) is 14.3. The number of carbonyl (C=O) groups excluding carboxylic acids is 3. The zero-order valence-corrected chi connectivity index (χ0v) is 17.5. The van der Waals surface area contributed by atoms with Crippen molar-refractivity contribution in [2.45, 2.75) is 19.4 Å². The molecule has 1 saturated heterocycles. The first-order valence-corrected chi connectivity index (χ1v) is 9.85. The summed E-state index contributed by atoms with van der Waals surface area (Å²) in [6.07, 6.45) is -0.259. The predicted molar refractivity (Wildman–Crippen MR) is 114 cm³/mol. The Hall–Kier alpha value is -3.04. The lowest BCUT2D eigenvalue weighted by Gasteiger charge is -2.24. The Balaban J connectivity index is 1.77. The van der Waals surface area contributed by atoms with Gasteiger partial charge in [0.15, 0.2) is 5.11 Å². The van der Waals surface area contributed by atoms with Crippen LogP contribution in [0.2, 0.25) is 5.02 Å². The standard InChI is InChI=1S/C20H18ClFN4O3S/c1-2-25-19(29)16(11-17(27)23-15-8-4-6-13(21)10-15)26(20(25)30)24-18(28)12-5-3-7-14(22)9-12/h3-10,16H,2,11H2,1H3,(H,23,27)(H,24,28). The Kier molecular flexibility index (Phi) is 6.63. The lowest BCUT2D eigenvalue weighted by Crippen LogP contribution is -2.49. The van der Waals surface area contributed by atoms with Crippen LogP contribution in [-0.2, 0) is 9.59 Å². The van der Waals surface area contributed by atoms with E-state index in [1.54, 1.807) is 31.2 Å². The van der Waals surface area contributed by atoms with E-state index in [0.717, 1.165) is 6.07 Å². The number of amides is 3. The second-order valence-corrected chi connectivity index (χ2v) is 7.27. The van der Waals surface area contributed by atoms with E-state index in [2.05, 4.69) is 10.7 Å². The molecule has 0 radical (unpaired) electrons. The van der Waals surface area contributed by atoms with Crippen molar-refractivity contribution in [3.8, 4) is 0 Å². The molecular weight excluding hydrogens is 431 g/mol. The fraction of sp³-hybridized carbons (Fsp3) is 0.200. The number of nitrogens with one attached hydrogen (secondary N) is 2. The monoisotopic (exact) mass is 448 g/mol. The normalized spacial score (nSPS) is 16.0. The smallest absolute Gasteiger partial charge is 0.269 e. The molecule has 156 valence electrons. The van der Waals surface area contributed by atoms with Crippen molar-refractivity contribution in [3.05, 3.63) is 64.9 Å². The van der Waals surface area contributed by atoms with Gasteiger partial charge < -0.3 is 5.32 Å². The highest BCUT2D eigenvalue weighted by Gasteiger charge is 2.43. The third-order valence-electron chi connectivity index (χ3n) is 4.41. The first kappa shape index (κ1) is 21.7. The van der Waals surface area contributed by atoms with Crippen LogP contribution in [0.3, 0.4) is 0 Å². The van der Waals surface area contributed by atoms with Gasteiger partial charge in [0.05, 0.1) is 6.42 Å². The number of carbonyl (C=O) groups is 3. The van der Waals surface area contributed by atoms with E-state index in [1.165, 1.54) is 28.1 Å². The van der Waals surface area contributed by atoms with Gasteiger partial charge in [-0.2, -0.15) is 0 Å². The lowest BCUT2D eigenvalue weighted by molar-refractivity contribution is -0.130. The van der Waals surface area contributed by atoms with E-state index in [4.69, 9.17) is 23.8 Å². The molecule has 0 bridgehead atoms. The van der Waals surface area contributed by atoms with Crippen LogP contribution < -0.4 is 10.7 Å². The van der Waals surface area contributed by atoms with Crippen LogP contribution in [0, 0.1) is 5.82 Å². The van der Waals surface area contributed by atoms with E-state index < -0.39 is 29.6 Å². The number of benzene rings is 2. The van der Waals surface area contributed by atoms with Gasteiger partial charge in [0.1, 0.15) is 11.9 Å². The number of rotatable bonds is 6. The summed E-state index contributed by atoms with van der Waals surface area (Å²) in [4.78, 5) is 39.1. The molecule has 0 spiro atoms. The van der Waals surface area contributed by atoms with Crippen LogP contribution in [0.1, 0.15) is 23.7 Å². The zero-order valence-electron chi connectivity index (χ0n) is 15.9. The van der Waals surface area contributed by atoms with Crippen LogP contribution in [0.25, 0.3) is 0 Å². The van der Waals surface area contributed by atoms with Crippen LogP contribution in [-0.4, -0.2) is 45.3 Å². The number of likely N-dealkylation sites (N-methyl/N-ethyl adjacent to an activating group) is 1. The van der Waals surface area contributed by atoms with Crippen LogP contribution in [0.15, 0.2) is 48.5 Å². The molecule has 1 unspecified atom stereocenters. The summed E-state index contributed by atoms with van der Waals surface area (Å²) in [7, 11) is 0. The van der Waals surface area contributed by atoms with E-state index in [-0.39, 0.29) is 23.6 Å². The van der Waals surface area contributed by atoms with Gasteiger partial charge in [-0.05, 0) is 55.5 Å². The van der Waals surface area contributed by atoms with Gasteiger partial charge >= 0.3 is 0 Å². The molecule has 1 fully saturated rings. The highest BCUT2D eigenvalue weighted by atomic mass is 35.5. The van der Waals surface area contributed by atoms with Crippen LogP contribution in [0.5, 0.6) is 0 Å². The minimum atomic E-state index is -1.03. The first-order valence-electron chi connectivity index (χ1n) is 9.06. The van der Waals surface area contributed by atoms with Gasteiger partial charge in [-0.15, -0.1) is 0 Å². The Labute approximate surface area is 182 Å². The molecule has 0 saturated carbocycles. The fourth-order valence-corrected chi connectivity index (χ4v) is 3.58. The van der Waals surface area contributed by atoms with Gasteiger partial charge in [0.25, 0.3) is 11.8 Å². The van der Waals surface area contributed by atoms with Crippen molar-refractivity contribution in [1.82, 2.24) is 15.3 Å². The molecule has 10 heteroatoms. The second-order valence-electron chi connectivity index (χ2n) is 6.46. The molecule has 0 aromatic heterocycles. The van der Waals surface area contributed by atoms with E-state index in [1.807, 2.05) is 0 Å². The van der Waals surface area contributed by atoms with Gasteiger partial charge in [0, 0.05) is 22.8 Å². The van der Waals surface area contributed by atoms with Gasteiger partial charge in [-0.1, -0.05) is 23.7 Å². The topological polar surface area (TPSA) is 81.8 Å². The lowest BCUT2D eigenvalue weighted by atomic mass is 10.1. The molecule has 1 heterocycles. The van der Waals surface area contributed by atoms with E-state index >= 15 is 0 Å². The molecule has 1 atom stereocenters. The highest BCUT2D eigenvalue weighted by molar-refractivity contribution is 7.80. The van der Waals surface area contributed by atoms with Crippen molar-refractivity contribution >= 4 is 52.3 Å². The van der Waals surface area contributed by atoms with Gasteiger partial charge in [-0.25, -0.2) is 9.40 Å². The highest BCUT2D eigenvalue weighted by Crippen LogP contribution is 2.21. The van der Waals surface area contributed by atoms with E-state index in [0.29, 0.717) is 10.7 Å². The molecule has 1 aliphatic rings. The maximum Gasteiger partial charge on any atom is 0.269 e. The largest absolute Gasteiger partial charge is 0.326 e. The average molecular weight is 449 g/mol. The summed E-state index contributed by atoms with van der Waals surface area (Å²) in [5.74, 6) is -2.09. The molecule has 2 aromatic carbocycles. The van der Waals surface area contributed by atoms with Crippen LogP contribution in [0.4, 0.5) is 10.1 Å². The number of hydrogen-bond acceptors (Lipinski definition) is 4. The minimum Gasteiger partial charge on any atom is -0.326 e. The minimum absolute atomic E-state index is 0.0577. The van der Waals surface area contributed by atoms with Crippen LogP contribution >= 0.6 is 23.8 Å². The number of nitrogens with zero attached hydrogens (tertiary/aromatic N) is 2. The maximum absolute atomic E-state index is 13.4. The molecule has 2 N–H and O–H groups in total. The second kappa shape index (κ2) is 9.19. The fourth-order valence-electron chi connectivity index (χ4n) is 3.00. The van der Waals surface area contributed by atoms with Crippen molar-refractivity contribution in [3.63, 3.8) is 0 Å². The van der Waals surface area contributed by atoms with Crippen molar-refractivity contribution in [2.75, 3.05) is 11.9 Å². The van der Waals surface area contributed by atoms with Crippen molar-refractivity contribution < 1.29 is 18.8 Å². The Bertz CT molecular complexity index is 1020. The van der Waals surface area contributed by atoms with E-state index in [9.17, 15) is 18.8 Å². The SMILES string of the molecule is CCN1C(=O)C(CC(=O)Nc2cccc(Cl)c2)N(NC(=O)c2cccc(F)c2)C1=S. The Morgan fingerprint density at radius 3 is 2.60 bits per heavy atom. The summed E-state index contributed by atoms with van der Waals surface area (Å²) in [6.45, 7) is 2.00. The molecule has 1 aliphatic heterocycles. The number of anilines is 1. The molecule has 2 aromatic rings. The average Bonchev–Trinajstić information content (AvgIpc) is 2.91. The number of hydrogen-bond donors (Lipinski definition) is 2. The molecule has 7 nitrogen and oxygen atoms in total. The van der Waals surface area contributed by atoms with Gasteiger partial charge in [0.2, 0.25) is 5.91 Å². The summed E-state index contributed by atoms with van der Waals surface area (Å²) >= 11 is 11.2. The Morgan fingerprint density at radius 2 is 1.93 bits per heavy atom. The maximum atomic E-state index is 13.4.